The van der Waals surface area contributed by atoms with Crippen LogP contribution in [0.25, 0.3) is 0 Å². The van der Waals surface area contributed by atoms with Gasteiger partial charge in [0.05, 0.1) is 6.61 Å². The third-order valence-corrected chi connectivity index (χ3v) is 2.34. The summed E-state index contributed by atoms with van der Waals surface area (Å²) in [4.78, 5) is 13.4. The van der Waals surface area contributed by atoms with Crippen LogP contribution in [0, 0.1) is 11.3 Å². The molecule has 0 aromatic carbocycles. The lowest BCUT2D eigenvalue weighted by atomic mass is 10.2. The van der Waals surface area contributed by atoms with E-state index in [0.29, 0.717) is 6.54 Å². The summed E-state index contributed by atoms with van der Waals surface area (Å²) >= 11 is 0. The van der Waals surface area contributed by atoms with Gasteiger partial charge < -0.3 is 9.64 Å². The third-order valence-electron chi connectivity index (χ3n) is 2.34. The van der Waals surface area contributed by atoms with Gasteiger partial charge in [-0.15, -0.1) is 6.58 Å². The molecule has 0 fully saturated rings. The van der Waals surface area contributed by atoms with E-state index in [1.54, 1.807) is 19.1 Å². The van der Waals surface area contributed by atoms with Gasteiger partial charge in [0.1, 0.15) is 11.6 Å². The van der Waals surface area contributed by atoms with Crippen molar-refractivity contribution in [2.45, 2.75) is 6.92 Å². The molecule has 98 valence electrons. The molecule has 0 saturated heterocycles. The van der Waals surface area contributed by atoms with Crippen molar-refractivity contribution in [1.82, 2.24) is 4.90 Å². The zero-order valence-corrected chi connectivity index (χ0v) is 10.9. The van der Waals surface area contributed by atoms with Crippen molar-refractivity contribution in [1.29, 1.82) is 5.26 Å². The largest absolute Gasteiger partial charge is 0.462 e. The van der Waals surface area contributed by atoms with Crippen LogP contribution in [-0.2, 0) is 9.53 Å². The number of rotatable bonds is 5. The van der Waals surface area contributed by atoms with Crippen LogP contribution in [0.4, 0.5) is 0 Å². The number of hydrogen-bond donors (Lipinski definition) is 0. The van der Waals surface area contributed by atoms with Crippen molar-refractivity contribution in [3.8, 4) is 6.07 Å². The van der Waals surface area contributed by atoms with Crippen LogP contribution < -0.4 is 0 Å². The van der Waals surface area contributed by atoms with Gasteiger partial charge in [-0.25, -0.2) is 4.79 Å². The third kappa shape index (κ3) is 4.32. The first-order valence-electron chi connectivity index (χ1n) is 5.94. The lowest BCUT2D eigenvalue weighted by molar-refractivity contribution is -0.138. The maximum absolute atomic E-state index is 11.5. The average Bonchev–Trinajstić information content (AvgIpc) is 2.42. The van der Waals surface area contributed by atoms with Gasteiger partial charge in [0.15, 0.2) is 0 Å². The van der Waals surface area contributed by atoms with Crippen molar-refractivity contribution >= 4 is 5.97 Å². The molecule has 0 spiro atoms. The van der Waals surface area contributed by atoms with Crippen molar-refractivity contribution in [3.05, 3.63) is 60.5 Å². The molecule has 0 aromatic rings. The molecule has 1 heterocycles. The molecule has 19 heavy (non-hydrogen) atoms. The quantitative estimate of drug-likeness (QED) is 0.328. The Labute approximate surface area is 113 Å². The molecule has 1 aliphatic heterocycles. The SMILES string of the molecule is C=CCN1C=CC=CC1=CC=C(C#N)C(=O)OCC. The first-order valence-corrected chi connectivity index (χ1v) is 5.94. The molecular weight excluding hydrogens is 240 g/mol. The second-order valence-electron chi connectivity index (χ2n) is 3.65. The maximum atomic E-state index is 11.5. The molecule has 0 amide bonds. The molecule has 4 heteroatoms. The van der Waals surface area contributed by atoms with Gasteiger partial charge in [0.2, 0.25) is 0 Å². The molecule has 0 N–H and O–H groups in total. The number of nitriles is 1. The van der Waals surface area contributed by atoms with Gasteiger partial charge in [0.25, 0.3) is 0 Å². The summed E-state index contributed by atoms with van der Waals surface area (Å²) in [7, 11) is 0. The topological polar surface area (TPSA) is 53.3 Å². The van der Waals surface area contributed by atoms with Crippen LogP contribution in [0.1, 0.15) is 6.92 Å². The van der Waals surface area contributed by atoms with E-state index in [1.165, 1.54) is 6.08 Å². The summed E-state index contributed by atoms with van der Waals surface area (Å²) in [6.07, 6.45) is 12.5. The zero-order chi connectivity index (χ0) is 14.1. The van der Waals surface area contributed by atoms with Crippen LogP contribution in [0.2, 0.25) is 0 Å². The summed E-state index contributed by atoms with van der Waals surface area (Å²) in [6, 6.07) is 1.83. The van der Waals surface area contributed by atoms with E-state index in [0.717, 1.165) is 5.70 Å². The molecule has 0 saturated carbocycles. The fourth-order valence-electron chi connectivity index (χ4n) is 1.47. The molecule has 0 bridgehead atoms. The van der Waals surface area contributed by atoms with Gasteiger partial charge in [0, 0.05) is 18.4 Å². The van der Waals surface area contributed by atoms with E-state index >= 15 is 0 Å². The Bertz CT molecular complexity index is 505. The molecule has 0 atom stereocenters. The number of carbonyl (C=O) groups is 1. The summed E-state index contributed by atoms with van der Waals surface area (Å²) in [5.41, 5.74) is 0.857. The zero-order valence-electron chi connectivity index (χ0n) is 10.9. The second-order valence-corrected chi connectivity index (χ2v) is 3.65. The van der Waals surface area contributed by atoms with Crippen molar-refractivity contribution in [3.63, 3.8) is 0 Å². The first-order chi connectivity index (χ1) is 9.22. The first kappa shape index (κ1) is 14.5. The Kier molecular flexibility index (Phi) is 5.90. The lowest BCUT2D eigenvalue weighted by Gasteiger charge is -2.21. The molecule has 0 radical (unpaired) electrons. The van der Waals surface area contributed by atoms with Crippen molar-refractivity contribution in [2.75, 3.05) is 13.2 Å². The molecule has 1 aliphatic rings. The van der Waals surface area contributed by atoms with Crippen LogP contribution in [-0.4, -0.2) is 24.0 Å². The van der Waals surface area contributed by atoms with Crippen molar-refractivity contribution < 1.29 is 9.53 Å². The Morgan fingerprint density at radius 1 is 1.58 bits per heavy atom. The summed E-state index contributed by atoms with van der Waals surface area (Å²) in [6.45, 7) is 6.29. The van der Waals surface area contributed by atoms with Gasteiger partial charge in [-0.05, 0) is 31.2 Å². The summed E-state index contributed by atoms with van der Waals surface area (Å²) < 4.78 is 4.79. The van der Waals surface area contributed by atoms with Crippen LogP contribution in [0.5, 0.6) is 0 Å². The monoisotopic (exact) mass is 256 g/mol. The molecule has 0 aliphatic carbocycles. The Balaban J connectivity index is 2.90. The van der Waals surface area contributed by atoms with Crippen LogP contribution in [0.15, 0.2) is 60.5 Å². The standard InChI is InChI=1S/C15H16N2O2/c1-3-10-17-11-6-5-7-14(17)9-8-13(12-16)15(18)19-4-2/h3,5-9,11H,1,4,10H2,2H3. The predicted octanol–water partition coefficient (Wildman–Crippen LogP) is 2.45. The number of allylic oxidation sites excluding steroid dienone is 5. The van der Waals surface area contributed by atoms with E-state index in [9.17, 15) is 4.79 Å². The normalized spacial score (nSPS) is 16.3. The molecule has 1 rings (SSSR count). The summed E-state index contributed by atoms with van der Waals surface area (Å²) in [5.74, 6) is -0.604. The molecule has 4 nitrogen and oxygen atoms in total. The minimum atomic E-state index is -0.604. The number of carbonyl (C=O) groups excluding carboxylic acids is 1. The van der Waals surface area contributed by atoms with E-state index in [4.69, 9.17) is 10.00 Å². The van der Waals surface area contributed by atoms with Gasteiger partial charge >= 0.3 is 5.97 Å². The van der Waals surface area contributed by atoms with Crippen molar-refractivity contribution in [2.24, 2.45) is 0 Å². The lowest BCUT2D eigenvalue weighted by Crippen LogP contribution is -2.16. The smallest absolute Gasteiger partial charge is 0.348 e. The fourth-order valence-corrected chi connectivity index (χ4v) is 1.47. The Morgan fingerprint density at radius 2 is 2.37 bits per heavy atom. The number of esters is 1. The predicted molar refractivity (Wildman–Crippen MR) is 73.6 cm³/mol. The number of ether oxygens (including phenoxy) is 1. The van der Waals surface area contributed by atoms with E-state index in [2.05, 4.69) is 6.58 Å². The van der Waals surface area contributed by atoms with Crippen LogP contribution in [0.3, 0.4) is 0 Å². The minimum absolute atomic E-state index is 0.0177. The highest BCUT2D eigenvalue weighted by molar-refractivity contribution is 5.93. The highest BCUT2D eigenvalue weighted by Gasteiger charge is 2.09. The van der Waals surface area contributed by atoms with E-state index in [1.807, 2.05) is 35.4 Å². The fraction of sp³-hybridized carbons (Fsp3) is 0.200. The second kappa shape index (κ2) is 7.72. The Hall–Kier alpha value is -2.54. The minimum Gasteiger partial charge on any atom is -0.462 e. The van der Waals surface area contributed by atoms with Gasteiger partial charge in [-0.3, -0.25) is 0 Å². The average molecular weight is 256 g/mol. The highest BCUT2D eigenvalue weighted by Crippen LogP contribution is 2.13. The molecule has 0 aromatic heterocycles. The van der Waals surface area contributed by atoms with Crippen LogP contribution >= 0.6 is 0 Å². The number of hydrogen-bond acceptors (Lipinski definition) is 4. The number of nitrogens with zero attached hydrogens (tertiary/aromatic N) is 2. The Morgan fingerprint density at radius 3 is 3.00 bits per heavy atom. The van der Waals surface area contributed by atoms with Gasteiger partial charge in [-0.1, -0.05) is 12.2 Å². The summed E-state index contributed by atoms with van der Waals surface area (Å²) in [5, 5.41) is 8.91. The van der Waals surface area contributed by atoms with E-state index in [-0.39, 0.29) is 12.2 Å². The van der Waals surface area contributed by atoms with E-state index < -0.39 is 5.97 Å². The maximum Gasteiger partial charge on any atom is 0.348 e. The molecule has 0 unspecified atom stereocenters. The van der Waals surface area contributed by atoms with Gasteiger partial charge in [-0.2, -0.15) is 5.26 Å². The highest BCUT2D eigenvalue weighted by atomic mass is 16.5. The molecular formula is C15H16N2O2.